The van der Waals surface area contributed by atoms with Gasteiger partial charge in [-0.1, -0.05) is 48.0 Å². The molecular formula is C31H17ClN2O5. The predicted octanol–water partition coefficient (Wildman–Crippen LogP) is 5.88. The first kappa shape index (κ1) is 25.3. The molecule has 0 radical (unpaired) electrons. The molecule has 39 heavy (non-hydrogen) atoms. The Bertz CT molecular complexity index is 1750. The Hall–Kier alpha value is -5.32. The maximum absolute atomic E-state index is 13.0. The van der Waals surface area contributed by atoms with Crippen LogP contribution in [-0.4, -0.2) is 23.4 Å². The van der Waals surface area contributed by atoms with Crippen molar-refractivity contribution in [3.05, 3.63) is 135 Å². The number of nitrogens with one attached hydrogen (secondary N) is 1. The zero-order valence-corrected chi connectivity index (χ0v) is 20.9. The molecule has 0 unspecified atom stereocenters. The Morgan fingerprint density at radius 2 is 1.46 bits per heavy atom. The van der Waals surface area contributed by atoms with Gasteiger partial charge in [0.05, 0.1) is 5.56 Å². The quantitative estimate of drug-likeness (QED) is 0.131. The summed E-state index contributed by atoms with van der Waals surface area (Å²) in [4.78, 5) is 51.1. The van der Waals surface area contributed by atoms with Crippen LogP contribution in [0.4, 0.5) is 5.69 Å². The van der Waals surface area contributed by atoms with Crippen LogP contribution in [-0.2, 0) is 4.79 Å². The predicted molar refractivity (Wildman–Crippen MR) is 145 cm³/mol. The van der Waals surface area contributed by atoms with Crippen molar-refractivity contribution in [3.8, 4) is 11.8 Å². The number of amides is 1. The number of hydrogen-bond donors (Lipinski definition) is 1. The fourth-order valence-electron chi connectivity index (χ4n) is 4.11. The minimum absolute atomic E-state index is 0.175. The Balaban J connectivity index is 1.34. The molecular weight excluding hydrogens is 516 g/mol. The number of carbonyl (C=O) groups is 4. The summed E-state index contributed by atoms with van der Waals surface area (Å²) in [5.41, 5.74) is 1.85. The van der Waals surface area contributed by atoms with Crippen molar-refractivity contribution in [1.29, 1.82) is 5.26 Å². The zero-order chi connectivity index (χ0) is 27.5. The number of esters is 1. The van der Waals surface area contributed by atoms with E-state index in [0.29, 0.717) is 27.3 Å². The van der Waals surface area contributed by atoms with Crippen molar-refractivity contribution in [2.24, 2.45) is 0 Å². The monoisotopic (exact) mass is 532 g/mol. The van der Waals surface area contributed by atoms with Gasteiger partial charge in [-0.3, -0.25) is 14.4 Å². The van der Waals surface area contributed by atoms with Crippen molar-refractivity contribution in [2.45, 2.75) is 0 Å². The third-order valence-corrected chi connectivity index (χ3v) is 6.26. The van der Waals surface area contributed by atoms with Gasteiger partial charge in [0.1, 0.15) is 17.4 Å². The molecule has 0 saturated heterocycles. The molecule has 0 aromatic heterocycles. The van der Waals surface area contributed by atoms with Gasteiger partial charge in [-0.15, -0.1) is 0 Å². The van der Waals surface area contributed by atoms with Crippen molar-refractivity contribution < 1.29 is 23.9 Å². The lowest BCUT2D eigenvalue weighted by atomic mass is 9.84. The van der Waals surface area contributed by atoms with Crippen LogP contribution in [0.1, 0.15) is 47.8 Å². The van der Waals surface area contributed by atoms with E-state index in [4.69, 9.17) is 16.3 Å². The number of carbonyl (C=O) groups excluding carboxylic acids is 4. The van der Waals surface area contributed by atoms with Crippen LogP contribution in [0.15, 0.2) is 96.6 Å². The molecule has 4 aromatic carbocycles. The van der Waals surface area contributed by atoms with Crippen LogP contribution in [0.5, 0.6) is 5.75 Å². The van der Waals surface area contributed by atoms with Gasteiger partial charge < -0.3 is 10.1 Å². The third-order valence-electron chi connectivity index (χ3n) is 6.01. The molecule has 0 atom stereocenters. The van der Waals surface area contributed by atoms with Gasteiger partial charge in [0.2, 0.25) is 0 Å². The van der Waals surface area contributed by atoms with E-state index in [9.17, 15) is 24.4 Å². The van der Waals surface area contributed by atoms with Crippen molar-refractivity contribution >= 4 is 46.8 Å². The minimum atomic E-state index is -0.712. The van der Waals surface area contributed by atoms with E-state index in [2.05, 4.69) is 5.32 Å². The van der Waals surface area contributed by atoms with E-state index in [0.717, 1.165) is 0 Å². The molecule has 0 spiro atoms. The number of nitrogens with zero attached hydrogens (tertiary/aromatic N) is 1. The summed E-state index contributed by atoms with van der Waals surface area (Å²) in [6.45, 7) is 0. The van der Waals surface area contributed by atoms with Crippen LogP contribution in [0.25, 0.3) is 6.08 Å². The zero-order valence-electron chi connectivity index (χ0n) is 20.1. The van der Waals surface area contributed by atoms with Crippen LogP contribution >= 0.6 is 11.6 Å². The first-order chi connectivity index (χ1) is 18.8. The highest BCUT2D eigenvalue weighted by Crippen LogP contribution is 2.29. The Morgan fingerprint density at radius 1 is 0.795 bits per heavy atom. The third kappa shape index (κ3) is 5.23. The van der Waals surface area contributed by atoms with Crippen molar-refractivity contribution in [3.63, 3.8) is 0 Å². The number of fused-ring (bicyclic) bond motifs is 2. The van der Waals surface area contributed by atoms with Gasteiger partial charge in [0.15, 0.2) is 11.6 Å². The van der Waals surface area contributed by atoms with Crippen molar-refractivity contribution in [2.75, 3.05) is 5.32 Å². The standard InChI is InChI=1S/C31H17ClN2O5/c32-21-10-8-19(9-11-21)31(38)39-23-5-3-4-18(15-23)14-20(17-33)30(37)34-22-12-13-26-27(16-22)29(36)25-7-2-1-6-24(25)28(26)35/h1-16H,(H,34,37)/b20-14+. The summed E-state index contributed by atoms with van der Waals surface area (Å²) in [5.74, 6) is -1.67. The molecule has 0 bridgehead atoms. The fourth-order valence-corrected chi connectivity index (χ4v) is 4.24. The van der Waals surface area contributed by atoms with E-state index in [1.165, 1.54) is 42.5 Å². The lowest BCUT2D eigenvalue weighted by Crippen LogP contribution is -2.21. The van der Waals surface area contributed by atoms with Gasteiger partial charge in [-0.25, -0.2) is 4.79 Å². The molecule has 1 N–H and O–H groups in total. The van der Waals surface area contributed by atoms with Crippen LogP contribution in [0, 0.1) is 11.3 Å². The lowest BCUT2D eigenvalue weighted by Gasteiger charge is -2.18. The molecule has 0 aliphatic heterocycles. The second kappa shape index (κ2) is 10.6. The van der Waals surface area contributed by atoms with E-state index < -0.39 is 11.9 Å². The van der Waals surface area contributed by atoms with Gasteiger partial charge >= 0.3 is 5.97 Å². The fraction of sp³-hybridized carbons (Fsp3) is 0. The summed E-state index contributed by atoms with van der Waals surface area (Å²) in [6.07, 6.45) is 1.35. The highest BCUT2D eigenvalue weighted by molar-refractivity contribution is 6.30. The van der Waals surface area contributed by atoms with E-state index in [1.807, 2.05) is 6.07 Å². The number of ether oxygens (including phenoxy) is 1. The summed E-state index contributed by atoms with van der Waals surface area (Å²) in [5, 5.41) is 12.7. The molecule has 8 heteroatoms. The number of benzene rings is 4. The highest BCUT2D eigenvalue weighted by atomic mass is 35.5. The first-order valence-corrected chi connectivity index (χ1v) is 12.1. The minimum Gasteiger partial charge on any atom is -0.423 e. The number of halogens is 1. The van der Waals surface area contributed by atoms with Gasteiger partial charge in [-0.2, -0.15) is 5.26 Å². The molecule has 5 rings (SSSR count). The Kier molecular flexibility index (Phi) is 6.87. The molecule has 4 aromatic rings. The van der Waals surface area contributed by atoms with Crippen LogP contribution in [0.2, 0.25) is 5.02 Å². The number of nitriles is 1. The molecule has 7 nitrogen and oxygen atoms in total. The van der Waals surface area contributed by atoms with Gasteiger partial charge in [0.25, 0.3) is 5.91 Å². The summed E-state index contributed by atoms with van der Waals surface area (Å²) < 4.78 is 5.39. The maximum atomic E-state index is 13.0. The molecule has 0 saturated carbocycles. The molecule has 1 aliphatic rings. The average Bonchev–Trinajstić information content (AvgIpc) is 2.95. The van der Waals surface area contributed by atoms with E-state index >= 15 is 0 Å². The topological polar surface area (TPSA) is 113 Å². The number of hydrogen-bond acceptors (Lipinski definition) is 6. The highest BCUT2D eigenvalue weighted by Gasteiger charge is 2.29. The van der Waals surface area contributed by atoms with Crippen LogP contribution < -0.4 is 10.1 Å². The van der Waals surface area contributed by atoms with E-state index in [-0.39, 0.29) is 39.7 Å². The van der Waals surface area contributed by atoms with Gasteiger partial charge in [-0.05, 0) is 66.2 Å². The number of anilines is 1. The normalized spacial score (nSPS) is 12.2. The molecule has 1 aliphatic carbocycles. The molecule has 0 heterocycles. The second-order valence-electron chi connectivity index (χ2n) is 8.56. The average molecular weight is 533 g/mol. The van der Waals surface area contributed by atoms with E-state index in [1.54, 1.807) is 54.6 Å². The summed E-state index contributed by atoms with van der Waals surface area (Å²) in [7, 11) is 0. The second-order valence-corrected chi connectivity index (χ2v) is 8.99. The molecule has 188 valence electrons. The largest absolute Gasteiger partial charge is 0.423 e. The van der Waals surface area contributed by atoms with Crippen molar-refractivity contribution in [1.82, 2.24) is 0 Å². The molecule has 1 amide bonds. The lowest BCUT2D eigenvalue weighted by molar-refractivity contribution is -0.112. The Labute approximate surface area is 227 Å². The summed E-state index contributed by atoms with van der Waals surface area (Å²) >= 11 is 5.85. The summed E-state index contributed by atoms with van der Waals surface area (Å²) in [6, 6.07) is 25.4. The maximum Gasteiger partial charge on any atom is 0.343 e. The van der Waals surface area contributed by atoms with Gasteiger partial charge in [0, 0.05) is 33.0 Å². The van der Waals surface area contributed by atoms with Crippen LogP contribution in [0.3, 0.4) is 0 Å². The number of rotatable bonds is 5. The molecule has 0 fully saturated rings. The number of ketones is 2. The first-order valence-electron chi connectivity index (χ1n) is 11.7. The Morgan fingerprint density at radius 3 is 2.15 bits per heavy atom. The SMILES string of the molecule is N#C/C(=C\c1cccc(OC(=O)c2ccc(Cl)cc2)c1)C(=O)Nc1ccc2c(c1)C(=O)c1ccccc1C2=O. The smallest absolute Gasteiger partial charge is 0.343 e.